The van der Waals surface area contributed by atoms with Crippen LogP contribution >= 0.6 is 0 Å². The fraction of sp³-hybridized carbons (Fsp3) is 0.650. The molecule has 2 aliphatic rings. The number of rotatable bonds is 4. The van der Waals surface area contributed by atoms with Crippen LogP contribution in [0.1, 0.15) is 45.2 Å². The number of hydrogen-bond acceptors (Lipinski definition) is 3. The number of para-hydroxylation sites is 1. The van der Waals surface area contributed by atoms with E-state index in [1.165, 1.54) is 6.42 Å². The molecule has 0 aromatic heterocycles. The van der Waals surface area contributed by atoms with E-state index in [0.717, 1.165) is 30.3 Å². The first-order valence-corrected chi connectivity index (χ1v) is 9.23. The Bertz CT molecular complexity index is 629. The minimum absolute atomic E-state index is 0.101. The topological polar surface area (TPSA) is 54.9 Å². The summed E-state index contributed by atoms with van der Waals surface area (Å²) in [5.74, 6) is 2.30. The molecule has 4 atom stereocenters. The van der Waals surface area contributed by atoms with Crippen molar-refractivity contribution in [1.82, 2.24) is 10.6 Å². The maximum atomic E-state index is 6.00. The van der Waals surface area contributed by atoms with Gasteiger partial charge in [0.25, 0.3) is 0 Å². The summed E-state index contributed by atoms with van der Waals surface area (Å²) in [6.07, 6.45) is 2.74. The highest BCUT2D eigenvalue weighted by atomic mass is 16.5. The van der Waals surface area contributed by atoms with Gasteiger partial charge in [-0.1, -0.05) is 32.0 Å². The van der Waals surface area contributed by atoms with Gasteiger partial charge in [-0.25, -0.2) is 0 Å². The molecule has 5 nitrogen and oxygen atoms in total. The van der Waals surface area contributed by atoms with E-state index in [1.807, 2.05) is 25.2 Å². The lowest BCUT2D eigenvalue weighted by molar-refractivity contribution is -0.188. The van der Waals surface area contributed by atoms with E-state index in [1.54, 1.807) is 7.11 Å². The standard InChI is InChI=1S/C20H31N3O2/c1-13(14-9-6-7-11-16(14)24-5)22-19(21-4)23-17-15-10-8-12-25-18(15)20(17,2)3/h6-7,9,11,13,15,17-18H,8,10,12H2,1-5H3,(H2,21,22,23). The maximum absolute atomic E-state index is 6.00. The van der Waals surface area contributed by atoms with Gasteiger partial charge in [0.15, 0.2) is 5.96 Å². The van der Waals surface area contributed by atoms with E-state index in [2.05, 4.69) is 42.5 Å². The van der Waals surface area contributed by atoms with Crippen molar-refractivity contribution in [3.05, 3.63) is 29.8 Å². The zero-order chi connectivity index (χ0) is 18.0. The third kappa shape index (κ3) is 3.34. The van der Waals surface area contributed by atoms with Crippen molar-refractivity contribution in [3.63, 3.8) is 0 Å². The highest BCUT2D eigenvalue weighted by Crippen LogP contribution is 2.51. The first-order chi connectivity index (χ1) is 12.0. The van der Waals surface area contributed by atoms with E-state index in [9.17, 15) is 0 Å². The lowest BCUT2D eigenvalue weighted by Gasteiger charge is -2.60. The summed E-state index contributed by atoms with van der Waals surface area (Å²) in [6.45, 7) is 7.60. The van der Waals surface area contributed by atoms with Gasteiger partial charge in [-0.05, 0) is 25.8 Å². The molecule has 3 rings (SSSR count). The number of methoxy groups -OCH3 is 1. The van der Waals surface area contributed by atoms with Gasteiger partial charge in [0, 0.05) is 36.6 Å². The van der Waals surface area contributed by atoms with Crippen LogP contribution in [0.3, 0.4) is 0 Å². The molecule has 1 heterocycles. The van der Waals surface area contributed by atoms with Gasteiger partial charge in [0.2, 0.25) is 0 Å². The zero-order valence-electron chi connectivity index (χ0n) is 16.0. The van der Waals surface area contributed by atoms with E-state index in [-0.39, 0.29) is 11.5 Å². The Kier molecular flexibility index (Phi) is 5.23. The third-order valence-corrected chi connectivity index (χ3v) is 5.81. The van der Waals surface area contributed by atoms with E-state index in [4.69, 9.17) is 9.47 Å². The highest BCUT2D eigenvalue weighted by Gasteiger charge is 2.58. The van der Waals surface area contributed by atoms with Crippen LogP contribution in [0.2, 0.25) is 0 Å². The molecule has 0 radical (unpaired) electrons. The molecule has 138 valence electrons. The number of guanidine groups is 1. The molecule has 25 heavy (non-hydrogen) atoms. The second-order valence-corrected chi connectivity index (χ2v) is 7.72. The first-order valence-electron chi connectivity index (χ1n) is 9.23. The molecule has 4 unspecified atom stereocenters. The average Bonchev–Trinajstić information content (AvgIpc) is 2.64. The number of aliphatic imine (C=N–C) groups is 1. The van der Waals surface area contributed by atoms with Crippen LogP contribution in [-0.2, 0) is 4.74 Å². The fourth-order valence-electron chi connectivity index (χ4n) is 4.44. The van der Waals surface area contributed by atoms with Gasteiger partial charge in [0.05, 0.1) is 19.3 Å². The predicted octanol–water partition coefficient (Wildman–Crippen LogP) is 3.12. The van der Waals surface area contributed by atoms with Crippen molar-refractivity contribution in [1.29, 1.82) is 0 Å². The molecular formula is C20H31N3O2. The van der Waals surface area contributed by atoms with Gasteiger partial charge in [-0.3, -0.25) is 4.99 Å². The van der Waals surface area contributed by atoms with Gasteiger partial charge < -0.3 is 20.1 Å². The van der Waals surface area contributed by atoms with Crippen molar-refractivity contribution >= 4 is 5.96 Å². The summed E-state index contributed by atoms with van der Waals surface area (Å²) in [7, 11) is 3.53. The summed E-state index contributed by atoms with van der Waals surface area (Å²) in [5, 5.41) is 7.16. The van der Waals surface area contributed by atoms with Crippen LogP contribution in [-0.4, -0.2) is 38.9 Å². The smallest absolute Gasteiger partial charge is 0.191 e. The second-order valence-electron chi connectivity index (χ2n) is 7.72. The summed E-state index contributed by atoms with van der Waals surface area (Å²) < 4.78 is 11.5. The minimum Gasteiger partial charge on any atom is -0.496 e. The van der Waals surface area contributed by atoms with Crippen LogP contribution in [0.5, 0.6) is 5.75 Å². The van der Waals surface area contributed by atoms with Crippen LogP contribution in [0, 0.1) is 11.3 Å². The van der Waals surface area contributed by atoms with E-state index < -0.39 is 0 Å². The van der Waals surface area contributed by atoms with Crippen molar-refractivity contribution in [2.75, 3.05) is 20.8 Å². The highest BCUT2D eigenvalue weighted by molar-refractivity contribution is 5.80. The lowest BCUT2D eigenvalue weighted by atomic mass is 9.55. The number of nitrogens with one attached hydrogen (secondary N) is 2. The summed E-state index contributed by atoms with van der Waals surface area (Å²) in [6, 6.07) is 8.58. The number of ether oxygens (including phenoxy) is 2. The number of fused-ring (bicyclic) bond motifs is 1. The molecule has 2 fully saturated rings. The fourth-order valence-corrected chi connectivity index (χ4v) is 4.44. The van der Waals surface area contributed by atoms with Crippen LogP contribution in [0.15, 0.2) is 29.3 Å². The molecule has 1 aromatic rings. The molecule has 1 saturated heterocycles. The molecule has 1 aliphatic carbocycles. The largest absolute Gasteiger partial charge is 0.496 e. The van der Waals surface area contributed by atoms with Crippen LogP contribution in [0.25, 0.3) is 0 Å². The molecule has 0 bridgehead atoms. The van der Waals surface area contributed by atoms with Crippen LogP contribution in [0.4, 0.5) is 0 Å². The Balaban J connectivity index is 1.67. The molecule has 1 saturated carbocycles. The molecular weight excluding hydrogens is 314 g/mol. The molecule has 2 N–H and O–H groups in total. The van der Waals surface area contributed by atoms with Gasteiger partial charge >= 0.3 is 0 Å². The Labute approximate surface area is 151 Å². The average molecular weight is 345 g/mol. The summed E-state index contributed by atoms with van der Waals surface area (Å²) in [5.41, 5.74) is 1.25. The minimum atomic E-state index is 0.101. The van der Waals surface area contributed by atoms with Crippen molar-refractivity contribution in [2.45, 2.75) is 51.8 Å². The first kappa shape index (κ1) is 18.1. The Morgan fingerprint density at radius 3 is 2.84 bits per heavy atom. The Hall–Kier alpha value is -1.75. The van der Waals surface area contributed by atoms with E-state index in [0.29, 0.717) is 18.1 Å². The zero-order valence-corrected chi connectivity index (χ0v) is 16.0. The lowest BCUT2D eigenvalue weighted by Crippen LogP contribution is -2.71. The molecule has 0 spiro atoms. The third-order valence-electron chi connectivity index (χ3n) is 5.81. The van der Waals surface area contributed by atoms with Crippen molar-refractivity contribution in [3.8, 4) is 5.75 Å². The monoisotopic (exact) mass is 345 g/mol. The van der Waals surface area contributed by atoms with Crippen LogP contribution < -0.4 is 15.4 Å². The Morgan fingerprint density at radius 1 is 1.36 bits per heavy atom. The molecule has 1 aliphatic heterocycles. The van der Waals surface area contributed by atoms with Gasteiger partial charge in [0.1, 0.15) is 5.75 Å². The summed E-state index contributed by atoms with van der Waals surface area (Å²) >= 11 is 0. The number of benzene rings is 1. The molecule has 1 aromatic carbocycles. The summed E-state index contributed by atoms with van der Waals surface area (Å²) in [4.78, 5) is 4.45. The predicted molar refractivity (Wildman–Crippen MR) is 101 cm³/mol. The normalized spacial score (nSPS) is 29.2. The Morgan fingerprint density at radius 2 is 2.12 bits per heavy atom. The van der Waals surface area contributed by atoms with Crippen molar-refractivity contribution in [2.24, 2.45) is 16.3 Å². The van der Waals surface area contributed by atoms with E-state index >= 15 is 0 Å². The van der Waals surface area contributed by atoms with Gasteiger partial charge in [-0.15, -0.1) is 0 Å². The number of nitrogens with zero attached hydrogens (tertiary/aromatic N) is 1. The molecule has 5 heteroatoms. The second kappa shape index (κ2) is 7.24. The quantitative estimate of drug-likeness (QED) is 0.650. The maximum Gasteiger partial charge on any atom is 0.191 e. The number of hydrogen-bond donors (Lipinski definition) is 2. The van der Waals surface area contributed by atoms with Crippen molar-refractivity contribution < 1.29 is 9.47 Å². The SMILES string of the molecule is CN=C(NC(C)c1ccccc1OC)NC1C2CCCOC2C1(C)C. The molecule has 0 amide bonds. The van der Waals surface area contributed by atoms with Gasteiger partial charge in [-0.2, -0.15) is 0 Å².